The van der Waals surface area contributed by atoms with Crippen LogP contribution in [0.5, 0.6) is 0 Å². The molecule has 2 aliphatic rings. The minimum atomic E-state index is -0.450. The number of para-hydroxylation sites is 1. The molecular formula is C31H28BN3O3. The van der Waals surface area contributed by atoms with Crippen LogP contribution in [0, 0.1) is 5.41 Å². The predicted molar refractivity (Wildman–Crippen MR) is 153 cm³/mol. The highest BCUT2D eigenvalue weighted by Gasteiger charge is 2.51. The Morgan fingerprint density at radius 3 is 2.11 bits per heavy atom. The van der Waals surface area contributed by atoms with Gasteiger partial charge >= 0.3 is 7.12 Å². The molecule has 0 spiro atoms. The number of rotatable bonds is 3. The van der Waals surface area contributed by atoms with Crippen molar-refractivity contribution in [3.05, 3.63) is 95.6 Å². The van der Waals surface area contributed by atoms with Gasteiger partial charge in [-0.25, -0.2) is 4.98 Å². The van der Waals surface area contributed by atoms with Crippen molar-refractivity contribution < 1.29 is 14.5 Å². The second kappa shape index (κ2) is 8.76. The summed E-state index contributed by atoms with van der Waals surface area (Å²) in [6.45, 7) is 8.18. The number of fused-ring (bicyclic) bond motifs is 3. The molecule has 6 nitrogen and oxygen atoms in total. The highest BCUT2D eigenvalue weighted by molar-refractivity contribution is 6.65. The zero-order valence-corrected chi connectivity index (χ0v) is 21.8. The molecule has 1 aliphatic heterocycles. The van der Waals surface area contributed by atoms with E-state index in [9.17, 15) is 5.21 Å². The fourth-order valence-corrected chi connectivity index (χ4v) is 5.04. The van der Waals surface area contributed by atoms with Gasteiger partial charge in [0.15, 0.2) is 0 Å². The largest absolute Gasteiger partial charge is 0.494 e. The van der Waals surface area contributed by atoms with E-state index in [0.29, 0.717) is 11.1 Å². The molecule has 0 atom stereocenters. The van der Waals surface area contributed by atoms with E-state index in [4.69, 9.17) is 19.7 Å². The summed E-state index contributed by atoms with van der Waals surface area (Å²) in [5.74, 6) is 0. The third kappa shape index (κ3) is 3.78. The molecule has 1 aliphatic carbocycles. The predicted octanol–water partition coefficient (Wildman–Crippen LogP) is 5.95. The fourth-order valence-electron chi connectivity index (χ4n) is 5.04. The number of oxime groups is 1. The molecule has 7 heteroatoms. The van der Waals surface area contributed by atoms with Crippen LogP contribution in [0.15, 0.2) is 84.0 Å². The summed E-state index contributed by atoms with van der Waals surface area (Å²) in [6, 6.07) is 25.5. The lowest BCUT2D eigenvalue weighted by molar-refractivity contribution is 0.00578. The minimum Gasteiger partial charge on any atom is -0.410 e. The van der Waals surface area contributed by atoms with Crippen LogP contribution < -0.4 is 5.46 Å². The van der Waals surface area contributed by atoms with Gasteiger partial charge in [-0.05, 0) is 50.9 Å². The van der Waals surface area contributed by atoms with Crippen molar-refractivity contribution in [1.29, 1.82) is 5.41 Å². The Hall–Kier alpha value is -4.07. The third-order valence-corrected chi connectivity index (χ3v) is 7.86. The molecule has 2 heterocycles. The van der Waals surface area contributed by atoms with Gasteiger partial charge in [0.2, 0.25) is 0 Å². The van der Waals surface area contributed by atoms with E-state index in [1.165, 1.54) is 0 Å². The zero-order chi connectivity index (χ0) is 26.7. The number of nitrogens with zero attached hydrogens (tertiary/aromatic N) is 2. The summed E-state index contributed by atoms with van der Waals surface area (Å²) in [4.78, 5) is 5.04. The number of hydrogen-bond donors (Lipinski definition) is 2. The molecule has 0 amide bonds. The van der Waals surface area contributed by atoms with Crippen LogP contribution in [0.25, 0.3) is 33.8 Å². The van der Waals surface area contributed by atoms with Gasteiger partial charge in [-0.2, -0.15) is 0 Å². The van der Waals surface area contributed by atoms with E-state index in [1.54, 1.807) is 0 Å². The Balaban J connectivity index is 1.52. The van der Waals surface area contributed by atoms with Crippen LogP contribution in [0.1, 0.15) is 44.4 Å². The van der Waals surface area contributed by atoms with Crippen molar-refractivity contribution in [1.82, 2.24) is 4.98 Å². The van der Waals surface area contributed by atoms with Gasteiger partial charge in [-0.15, -0.1) is 0 Å². The molecule has 188 valence electrons. The Morgan fingerprint density at radius 2 is 1.45 bits per heavy atom. The Kier molecular flexibility index (Phi) is 5.60. The van der Waals surface area contributed by atoms with Gasteiger partial charge in [0.1, 0.15) is 5.71 Å². The maximum Gasteiger partial charge on any atom is 0.494 e. The first kappa shape index (κ1) is 24.3. The van der Waals surface area contributed by atoms with Crippen molar-refractivity contribution in [2.75, 3.05) is 0 Å². The first-order chi connectivity index (χ1) is 18.2. The van der Waals surface area contributed by atoms with Gasteiger partial charge in [0.25, 0.3) is 0 Å². The molecule has 2 N–H and O–H groups in total. The smallest absolute Gasteiger partial charge is 0.410 e. The number of allylic oxidation sites excluding steroid dienone is 1. The first-order valence-corrected chi connectivity index (χ1v) is 12.7. The van der Waals surface area contributed by atoms with Crippen LogP contribution in [-0.2, 0) is 9.31 Å². The highest BCUT2D eigenvalue weighted by Crippen LogP contribution is 2.39. The van der Waals surface area contributed by atoms with E-state index in [-0.39, 0.29) is 11.4 Å². The zero-order valence-electron chi connectivity index (χ0n) is 21.8. The van der Waals surface area contributed by atoms with E-state index in [2.05, 4.69) is 5.16 Å². The lowest BCUT2D eigenvalue weighted by Crippen LogP contribution is -2.41. The van der Waals surface area contributed by atoms with Crippen molar-refractivity contribution in [3.63, 3.8) is 0 Å². The molecule has 0 bridgehead atoms. The normalized spacial score (nSPS) is 19.1. The molecule has 6 rings (SSSR count). The average Bonchev–Trinajstić information content (AvgIpc) is 3.14. The third-order valence-electron chi connectivity index (χ3n) is 7.86. The second-order valence-corrected chi connectivity index (χ2v) is 10.7. The van der Waals surface area contributed by atoms with Crippen LogP contribution in [-0.4, -0.2) is 39.9 Å². The average molecular weight is 501 g/mol. The Morgan fingerprint density at radius 1 is 0.816 bits per heavy atom. The molecule has 0 unspecified atom stereocenters. The number of benzene rings is 3. The summed E-state index contributed by atoms with van der Waals surface area (Å²) < 4.78 is 12.5. The fraction of sp³-hybridized carbons (Fsp3) is 0.194. The molecule has 1 saturated heterocycles. The van der Waals surface area contributed by atoms with Crippen LogP contribution in [0.2, 0.25) is 0 Å². The first-order valence-electron chi connectivity index (χ1n) is 12.7. The molecular weight excluding hydrogens is 473 g/mol. The van der Waals surface area contributed by atoms with E-state index in [1.807, 2.05) is 113 Å². The molecule has 0 saturated carbocycles. The Labute approximate surface area is 222 Å². The van der Waals surface area contributed by atoms with Gasteiger partial charge in [0, 0.05) is 27.6 Å². The van der Waals surface area contributed by atoms with Crippen LogP contribution in [0.3, 0.4) is 0 Å². The summed E-state index contributed by atoms with van der Waals surface area (Å²) in [5.41, 5.74) is 6.02. The van der Waals surface area contributed by atoms with E-state index >= 15 is 0 Å². The van der Waals surface area contributed by atoms with Gasteiger partial charge in [-0.1, -0.05) is 78.0 Å². The van der Waals surface area contributed by atoms with E-state index < -0.39 is 18.3 Å². The van der Waals surface area contributed by atoms with E-state index in [0.717, 1.165) is 38.8 Å². The van der Waals surface area contributed by atoms with Crippen molar-refractivity contribution >= 4 is 46.6 Å². The quantitative estimate of drug-likeness (QED) is 0.206. The molecule has 4 aromatic rings. The molecule has 3 aromatic carbocycles. The second-order valence-electron chi connectivity index (χ2n) is 10.7. The van der Waals surface area contributed by atoms with Crippen molar-refractivity contribution in [2.24, 2.45) is 5.16 Å². The molecule has 1 fully saturated rings. The molecule has 0 radical (unpaired) electrons. The maximum atomic E-state index is 9.95. The topological polar surface area (TPSA) is 87.8 Å². The lowest BCUT2D eigenvalue weighted by Gasteiger charge is -2.32. The van der Waals surface area contributed by atoms with Crippen LogP contribution >= 0.6 is 0 Å². The van der Waals surface area contributed by atoms with Gasteiger partial charge < -0.3 is 14.5 Å². The molecule has 1 aromatic heterocycles. The van der Waals surface area contributed by atoms with Gasteiger partial charge in [-0.3, -0.25) is 5.41 Å². The molecule has 38 heavy (non-hydrogen) atoms. The summed E-state index contributed by atoms with van der Waals surface area (Å²) in [5, 5.41) is 23.4. The maximum absolute atomic E-state index is 9.95. The highest BCUT2D eigenvalue weighted by atomic mass is 16.7. The number of aromatic nitrogens is 1. The van der Waals surface area contributed by atoms with Crippen molar-refractivity contribution in [3.8, 4) is 11.3 Å². The number of hydrogen-bond acceptors (Lipinski definition) is 6. The van der Waals surface area contributed by atoms with Crippen molar-refractivity contribution in [2.45, 2.75) is 38.9 Å². The minimum absolute atomic E-state index is 0.164. The number of pyridine rings is 1. The summed E-state index contributed by atoms with van der Waals surface area (Å²) in [7, 11) is -0.450. The summed E-state index contributed by atoms with van der Waals surface area (Å²) >= 11 is 0. The van der Waals surface area contributed by atoms with Crippen LogP contribution in [0.4, 0.5) is 0 Å². The number of nitrogens with one attached hydrogen (secondary N) is 1. The lowest BCUT2D eigenvalue weighted by atomic mass is 9.78. The monoisotopic (exact) mass is 501 g/mol. The standard InChI is InChI=1S/C31H28BN3O3/c1-30(2)31(3,4)38-32(37-30)21-16-14-20(15-17-21)28-24-18-23(19-10-6-5-7-11-19)29(35-36)27(33)26(24)22-12-8-9-13-25(22)34-28/h5-18,33,36H,1-4H3/b33-27?,35-29-. The Bertz CT molecular complexity index is 1620. The summed E-state index contributed by atoms with van der Waals surface area (Å²) in [6.07, 6.45) is 1.98. The van der Waals surface area contributed by atoms with Gasteiger partial charge in [0.05, 0.1) is 28.1 Å². The SMILES string of the molecule is CC1(C)OB(c2ccc(-c3nc4ccccc4c4c3C=C(c3ccccc3)/C(=N/O)C4=N)cc2)OC1(C)C.